The molecule has 1 heteroatoms. The maximum atomic E-state index is 2.39. The predicted octanol–water partition coefficient (Wildman–Crippen LogP) is 11.6. The largest absolute Gasteiger partial charge is 0.309 e. The second kappa shape index (κ2) is 9.44. The van der Waals surface area contributed by atoms with E-state index in [9.17, 15) is 0 Å². The Bertz CT molecular complexity index is 2480. The minimum atomic E-state index is 1.18. The quantitative estimate of drug-likeness (QED) is 0.195. The highest BCUT2D eigenvalue weighted by molar-refractivity contribution is 6.21. The SMILES string of the molecule is c1ccc(-n2c3ccccc3c3ccc(-c4ccc(-c5cc6c7ccccc7ccc6c6ccccc56)cc4)cc32)cc1. The fourth-order valence-electron chi connectivity index (χ4n) is 6.95. The predicted molar refractivity (Wildman–Crippen MR) is 184 cm³/mol. The van der Waals surface area contributed by atoms with Crippen molar-refractivity contribution in [1.82, 2.24) is 4.57 Å². The summed E-state index contributed by atoms with van der Waals surface area (Å²) >= 11 is 0. The second-order valence-corrected chi connectivity index (χ2v) is 11.3. The Balaban J connectivity index is 1.21. The standard InChI is InChI=1S/C42H27N/c1-2-11-32(12-3-1)43-41-17-9-8-16-37(41)38-25-23-31(26-42(38)43)28-18-20-30(21-19-28)39-27-40-33-13-5-4-10-29(33)22-24-36(40)34-14-6-7-15-35(34)39/h1-27H. The first-order valence-corrected chi connectivity index (χ1v) is 14.9. The number of aromatic nitrogens is 1. The number of para-hydroxylation sites is 2. The van der Waals surface area contributed by atoms with Crippen molar-refractivity contribution in [3.05, 3.63) is 164 Å². The molecule has 0 bridgehead atoms. The van der Waals surface area contributed by atoms with Gasteiger partial charge in [0.2, 0.25) is 0 Å². The number of benzene rings is 8. The van der Waals surface area contributed by atoms with Gasteiger partial charge >= 0.3 is 0 Å². The van der Waals surface area contributed by atoms with Crippen molar-refractivity contribution in [2.75, 3.05) is 0 Å². The van der Waals surface area contributed by atoms with Gasteiger partial charge < -0.3 is 4.57 Å². The van der Waals surface area contributed by atoms with Crippen molar-refractivity contribution in [2.45, 2.75) is 0 Å². The molecular formula is C42H27N. The van der Waals surface area contributed by atoms with E-state index in [1.807, 2.05) is 0 Å². The van der Waals surface area contributed by atoms with Gasteiger partial charge in [0.1, 0.15) is 0 Å². The maximum Gasteiger partial charge on any atom is 0.0547 e. The Hall–Kier alpha value is -5.66. The molecule has 0 amide bonds. The Morgan fingerprint density at radius 3 is 1.72 bits per heavy atom. The molecule has 1 heterocycles. The number of hydrogen-bond donors (Lipinski definition) is 0. The Kier molecular flexibility index (Phi) is 5.27. The summed E-state index contributed by atoms with van der Waals surface area (Å²) in [5, 5.41) is 10.3. The molecule has 0 aliphatic heterocycles. The lowest BCUT2D eigenvalue weighted by Gasteiger charge is -2.14. The molecular weight excluding hydrogens is 518 g/mol. The van der Waals surface area contributed by atoms with Crippen LogP contribution < -0.4 is 0 Å². The van der Waals surface area contributed by atoms with Gasteiger partial charge in [-0.25, -0.2) is 0 Å². The second-order valence-electron chi connectivity index (χ2n) is 11.3. The molecule has 0 atom stereocenters. The number of nitrogens with zero attached hydrogens (tertiary/aromatic N) is 1. The Labute approximate surface area is 249 Å². The number of rotatable bonds is 3. The van der Waals surface area contributed by atoms with Crippen LogP contribution in [0.1, 0.15) is 0 Å². The van der Waals surface area contributed by atoms with Gasteiger partial charge in [-0.1, -0.05) is 133 Å². The molecule has 0 unspecified atom stereocenters. The van der Waals surface area contributed by atoms with Crippen LogP contribution in [0.5, 0.6) is 0 Å². The molecule has 1 aromatic heterocycles. The van der Waals surface area contributed by atoms with E-state index in [0.717, 1.165) is 0 Å². The van der Waals surface area contributed by atoms with Crippen LogP contribution in [-0.4, -0.2) is 4.57 Å². The van der Waals surface area contributed by atoms with E-state index < -0.39 is 0 Å². The normalized spacial score (nSPS) is 11.7. The number of hydrogen-bond acceptors (Lipinski definition) is 0. The monoisotopic (exact) mass is 545 g/mol. The molecule has 9 aromatic rings. The molecule has 0 aliphatic rings. The molecule has 0 saturated heterocycles. The fraction of sp³-hybridized carbons (Fsp3) is 0. The molecule has 43 heavy (non-hydrogen) atoms. The summed E-state index contributed by atoms with van der Waals surface area (Å²) in [5.41, 5.74) is 8.56. The van der Waals surface area contributed by atoms with Gasteiger partial charge in [0.15, 0.2) is 0 Å². The molecule has 9 rings (SSSR count). The van der Waals surface area contributed by atoms with Crippen molar-refractivity contribution in [3.63, 3.8) is 0 Å². The molecule has 200 valence electrons. The topological polar surface area (TPSA) is 4.93 Å². The molecule has 0 N–H and O–H groups in total. The molecule has 0 radical (unpaired) electrons. The third-order valence-corrected chi connectivity index (χ3v) is 8.98. The minimum absolute atomic E-state index is 1.18. The van der Waals surface area contributed by atoms with Gasteiger partial charge in [-0.2, -0.15) is 0 Å². The summed E-state index contributed by atoms with van der Waals surface area (Å²) in [5.74, 6) is 0. The van der Waals surface area contributed by atoms with Crippen molar-refractivity contribution < 1.29 is 0 Å². The highest BCUT2D eigenvalue weighted by Gasteiger charge is 2.14. The summed E-state index contributed by atoms with van der Waals surface area (Å²) in [4.78, 5) is 0. The average Bonchev–Trinajstić information content (AvgIpc) is 3.42. The van der Waals surface area contributed by atoms with Crippen LogP contribution in [0.25, 0.3) is 82.1 Å². The van der Waals surface area contributed by atoms with Crippen molar-refractivity contribution in [2.24, 2.45) is 0 Å². The first kappa shape index (κ1) is 24.0. The van der Waals surface area contributed by atoms with Crippen LogP contribution in [-0.2, 0) is 0 Å². The first-order chi connectivity index (χ1) is 21.3. The van der Waals surface area contributed by atoms with Crippen molar-refractivity contribution >= 4 is 54.1 Å². The van der Waals surface area contributed by atoms with Gasteiger partial charge in [0.25, 0.3) is 0 Å². The van der Waals surface area contributed by atoms with E-state index in [4.69, 9.17) is 0 Å². The Morgan fingerprint density at radius 2 is 0.884 bits per heavy atom. The van der Waals surface area contributed by atoms with Crippen LogP contribution in [0.3, 0.4) is 0 Å². The van der Waals surface area contributed by atoms with E-state index >= 15 is 0 Å². The summed E-state index contributed by atoms with van der Waals surface area (Å²) < 4.78 is 2.38. The zero-order chi connectivity index (χ0) is 28.3. The highest BCUT2D eigenvalue weighted by Crippen LogP contribution is 2.39. The average molecular weight is 546 g/mol. The van der Waals surface area contributed by atoms with Crippen LogP contribution in [0.2, 0.25) is 0 Å². The molecule has 0 saturated carbocycles. The molecule has 0 fully saturated rings. The van der Waals surface area contributed by atoms with Crippen LogP contribution in [0, 0.1) is 0 Å². The Morgan fingerprint density at radius 1 is 0.302 bits per heavy atom. The van der Waals surface area contributed by atoms with Crippen molar-refractivity contribution in [1.29, 1.82) is 0 Å². The fourth-order valence-corrected chi connectivity index (χ4v) is 6.95. The van der Waals surface area contributed by atoms with Crippen LogP contribution >= 0.6 is 0 Å². The van der Waals surface area contributed by atoms with Gasteiger partial charge in [-0.15, -0.1) is 0 Å². The summed E-state index contributed by atoms with van der Waals surface area (Å²) in [6.07, 6.45) is 0. The van der Waals surface area contributed by atoms with Gasteiger partial charge in [0, 0.05) is 16.5 Å². The molecule has 0 spiro atoms. The molecule has 8 aromatic carbocycles. The zero-order valence-electron chi connectivity index (χ0n) is 23.5. The lowest BCUT2D eigenvalue weighted by Crippen LogP contribution is -1.93. The third-order valence-electron chi connectivity index (χ3n) is 8.98. The summed E-state index contributed by atoms with van der Waals surface area (Å²) in [7, 11) is 0. The zero-order valence-corrected chi connectivity index (χ0v) is 23.5. The third kappa shape index (κ3) is 3.72. The van der Waals surface area contributed by atoms with E-state index in [1.165, 1.54) is 82.1 Å². The van der Waals surface area contributed by atoms with E-state index in [0.29, 0.717) is 0 Å². The van der Waals surface area contributed by atoms with Gasteiger partial charge in [-0.3, -0.25) is 0 Å². The first-order valence-electron chi connectivity index (χ1n) is 14.9. The summed E-state index contributed by atoms with van der Waals surface area (Å²) in [6, 6.07) is 59.8. The molecule has 0 aliphatic carbocycles. The lowest BCUT2D eigenvalue weighted by molar-refractivity contribution is 1.18. The highest BCUT2D eigenvalue weighted by atomic mass is 15.0. The lowest BCUT2D eigenvalue weighted by atomic mass is 9.90. The van der Waals surface area contributed by atoms with Crippen LogP contribution in [0.4, 0.5) is 0 Å². The number of fused-ring (bicyclic) bond motifs is 8. The van der Waals surface area contributed by atoms with Gasteiger partial charge in [0.05, 0.1) is 11.0 Å². The van der Waals surface area contributed by atoms with E-state index in [1.54, 1.807) is 0 Å². The maximum absolute atomic E-state index is 2.39. The van der Waals surface area contributed by atoms with E-state index in [2.05, 4.69) is 168 Å². The molecule has 1 nitrogen and oxygen atoms in total. The van der Waals surface area contributed by atoms with E-state index in [-0.39, 0.29) is 0 Å². The minimum Gasteiger partial charge on any atom is -0.309 e. The summed E-state index contributed by atoms with van der Waals surface area (Å²) in [6.45, 7) is 0. The van der Waals surface area contributed by atoms with Crippen LogP contribution in [0.15, 0.2) is 164 Å². The van der Waals surface area contributed by atoms with Crippen molar-refractivity contribution in [3.8, 4) is 27.9 Å². The smallest absolute Gasteiger partial charge is 0.0547 e. The van der Waals surface area contributed by atoms with Gasteiger partial charge in [-0.05, 0) is 84.9 Å².